The Morgan fingerprint density at radius 1 is 1.20 bits per heavy atom. The molecule has 20 heavy (non-hydrogen) atoms. The SMILES string of the molecule is O=C(O)C(NCc1ccc(Cl)cc1)c1ccccc1F. The number of rotatable bonds is 5. The first kappa shape index (κ1) is 14.5. The van der Waals surface area contributed by atoms with Crippen LogP contribution in [0.25, 0.3) is 0 Å². The predicted octanol–water partition coefficient (Wildman–Crippen LogP) is 3.39. The highest BCUT2D eigenvalue weighted by Crippen LogP contribution is 2.18. The molecular weight excluding hydrogens is 281 g/mol. The van der Waals surface area contributed by atoms with Gasteiger partial charge in [0.2, 0.25) is 0 Å². The molecule has 0 saturated carbocycles. The maximum absolute atomic E-state index is 13.7. The van der Waals surface area contributed by atoms with Crippen molar-refractivity contribution < 1.29 is 14.3 Å². The highest BCUT2D eigenvalue weighted by Gasteiger charge is 2.22. The van der Waals surface area contributed by atoms with Crippen molar-refractivity contribution in [2.75, 3.05) is 0 Å². The first-order chi connectivity index (χ1) is 9.58. The number of benzene rings is 2. The Kier molecular flexibility index (Phi) is 4.71. The van der Waals surface area contributed by atoms with Crippen molar-refractivity contribution in [3.8, 4) is 0 Å². The van der Waals surface area contributed by atoms with E-state index < -0.39 is 17.8 Å². The molecule has 0 aliphatic carbocycles. The van der Waals surface area contributed by atoms with Crippen molar-refractivity contribution in [2.45, 2.75) is 12.6 Å². The Morgan fingerprint density at radius 2 is 1.85 bits per heavy atom. The van der Waals surface area contributed by atoms with E-state index in [1.807, 2.05) is 0 Å². The molecule has 2 aromatic carbocycles. The number of carboxylic acids is 1. The smallest absolute Gasteiger partial charge is 0.325 e. The zero-order chi connectivity index (χ0) is 14.5. The Morgan fingerprint density at radius 3 is 2.45 bits per heavy atom. The number of carbonyl (C=O) groups is 1. The molecule has 2 rings (SSSR count). The van der Waals surface area contributed by atoms with Crippen LogP contribution in [0.5, 0.6) is 0 Å². The molecule has 0 radical (unpaired) electrons. The second kappa shape index (κ2) is 6.50. The summed E-state index contributed by atoms with van der Waals surface area (Å²) in [6.45, 7) is 0.308. The van der Waals surface area contributed by atoms with Crippen LogP contribution in [-0.4, -0.2) is 11.1 Å². The quantitative estimate of drug-likeness (QED) is 0.888. The molecule has 0 spiro atoms. The van der Waals surface area contributed by atoms with Crippen LogP contribution in [0.2, 0.25) is 5.02 Å². The van der Waals surface area contributed by atoms with E-state index in [9.17, 15) is 14.3 Å². The molecule has 0 bridgehead atoms. The molecule has 0 fully saturated rings. The average molecular weight is 294 g/mol. The van der Waals surface area contributed by atoms with E-state index in [4.69, 9.17) is 11.6 Å². The van der Waals surface area contributed by atoms with Crippen molar-refractivity contribution in [1.29, 1.82) is 0 Å². The number of hydrogen-bond acceptors (Lipinski definition) is 2. The molecule has 0 saturated heterocycles. The molecule has 1 unspecified atom stereocenters. The molecule has 104 valence electrons. The number of nitrogens with one attached hydrogen (secondary N) is 1. The van der Waals surface area contributed by atoms with Gasteiger partial charge in [-0.2, -0.15) is 0 Å². The standard InChI is InChI=1S/C15H13ClFNO2/c16-11-7-5-10(6-8-11)9-18-14(15(19)20)12-3-1-2-4-13(12)17/h1-8,14,18H,9H2,(H,19,20). The normalized spacial score (nSPS) is 12.1. The molecule has 2 N–H and O–H groups in total. The number of halogens is 2. The zero-order valence-electron chi connectivity index (χ0n) is 10.5. The Hall–Kier alpha value is -1.91. The predicted molar refractivity (Wildman–Crippen MR) is 75.1 cm³/mol. The van der Waals surface area contributed by atoms with Gasteiger partial charge in [0.1, 0.15) is 11.9 Å². The van der Waals surface area contributed by atoms with Gasteiger partial charge in [-0.1, -0.05) is 41.9 Å². The maximum Gasteiger partial charge on any atom is 0.325 e. The molecule has 0 aromatic heterocycles. The van der Waals surface area contributed by atoms with E-state index in [1.165, 1.54) is 18.2 Å². The summed E-state index contributed by atoms with van der Waals surface area (Å²) in [6, 6.07) is 11.8. The Labute approximate surface area is 121 Å². The van der Waals surface area contributed by atoms with E-state index in [0.717, 1.165) is 5.56 Å². The lowest BCUT2D eigenvalue weighted by molar-refractivity contribution is -0.139. The molecule has 5 heteroatoms. The van der Waals surface area contributed by atoms with Crippen LogP contribution in [0.1, 0.15) is 17.2 Å². The fourth-order valence-electron chi connectivity index (χ4n) is 1.86. The Bertz CT molecular complexity index is 601. The van der Waals surface area contributed by atoms with Gasteiger partial charge in [0.05, 0.1) is 0 Å². The van der Waals surface area contributed by atoms with Crippen LogP contribution in [0.3, 0.4) is 0 Å². The molecule has 0 aliphatic rings. The molecule has 2 aromatic rings. The van der Waals surface area contributed by atoms with E-state index in [-0.39, 0.29) is 5.56 Å². The highest BCUT2D eigenvalue weighted by atomic mass is 35.5. The third-order valence-electron chi connectivity index (χ3n) is 2.89. The first-order valence-electron chi connectivity index (χ1n) is 6.03. The summed E-state index contributed by atoms with van der Waals surface area (Å²) >= 11 is 5.78. The number of hydrogen-bond donors (Lipinski definition) is 2. The van der Waals surface area contributed by atoms with Crippen LogP contribution in [0, 0.1) is 5.82 Å². The molecule has 0 amide bonds. The van der Waals surface area contributed by atoms with Crippen molar-refractivity contribution in [3.05, 3.63) is 70.5 Å². The lowest BCUT2D eigenvalue weighted by Gasteiger charge is -2.15. The van der Waals surface area contributed by atoms with E-state index in [1.54, 1.807) is 30.3 Å². The molecular formula is C15H13ClFNO2. The molecule has 0 heterocycles. The second-order valence-electron chi connectivity index (χ2n) is 4.30. The van der Waals surface area contributed by atoms with E-state index >= 15 is 0 Å². The van der Waals surface area contributed by atoms with Crippen LogP contribution in [0.15, 0.2) is 48.5 Å². The van der Waals surface area contributed by atoms with Crippen molar-refractivity contribution >= 4 is 17.6 Å². The lowest BCUT2D eigenvalue weighted by atomic mass is 10.1. The van der Waals surface area contributed by atoms with Gasteiger partial charge in [-0.05, 0) is 23.8 Å². The minimum atomic E-state index is -1.12. The van der Waals surface area contributed by atoms with Crippen LogP contribution in [0.4, 0.5) is 4.39 Å². The topological polar surface area (TPSA) is 49.3 Å². The summed E-state index contributed by atoms with van der Waals surface area (Å²) in [4.78, 5) is 11.3. The summed E-state index contributed by atoms with van der Waals surface area (Å²) in [5.41, 5.74) is 0.992. The third-order valence-corrected chi connectivity index (χ3v) is 3.14. The van der Waals surface area contributed by atoms with Crippen molar-refractivity contribution in [3.63, 3.8) is 0 Å². The molecule has 3 nitrogen and oxygen atoms in total. The van der Waals surface area contributed by atoms with Gasteiger partial charge in [0, 0.05) is 17.1 Å². The van der Waals surface area contributed by atoms with Crippen LogP contribution >= 0.6 is 11.6 Å². The summed E-state index contributed by atoms with van der Waals surface area (Å²) in [5.74, 6) is -1.66. The fraction of sp³-hybridized carbons (Fsp3) is 0.133. The Balaban J connectivity index is 2.13. The van der Waals surface area contributed by atoms with Gasteiger partial charge < -0.3 is 5.11 Å². The highest BCUT2D eigenvalue weighted by molar-refractivity contribution is 6.30. The summed E-state index contributed by atoms with van der Waals surface area (Å²) in [5, 5.41) is 12.7. The fourth-order valence-corrected chi connectivity index (χ4v) is 1.99. The summed E-state index contributed by atoms with van der Waals surface area (Å²) in [7, 11) is 0. The summed E-state index contributed by atoms with van der Waals surface area (Å²) in [6.07, 6.45) is 0. The first-order valence-corrected chi connectivity index (χ1v) is 6.41. The minimum absolute atomic E-state index is 0.119. The van der Waals surface area contributed by atoms with Crippen LogP contribution in [-0.2, 0) is 11.3 Å². The van der Waals surface area contributed by atoms with Gasteiger partial charge in [-0.3, -0.25) is 10.1 Å². The molecule has 0 aliphatic heterocycles. The lowest BCUT2D eigenvalue weighted by Crippen LogP contribution is -2.28. The van der Waals surface area contributed by atoms with Gasteiger partial charge >= 0.3 is 5.97 Å². The van der Waals surface area contributed by atoms with Gasteiger partial charge in [-0.15, -0.1) is 0 Å². The number of aliphatic carboxylic acids is 1. The summed E-state index contributed by atoms with van der Waals surface area (Å²) < 4.78 is 13.7. The monoisotopic (exact) mass is 293 g/mol. The third kappa shape index (κ3) is 3.56. The zero-order valence-corrected chi connectivity index (χ0v) is 11.3. The van der Waals surface area contributed by atoms with Gasteiger partial charge in [0.15, 0.2) is 0 Å². The maximum atomic E-state index is 13.7. The number of carboxylic acid groups (broad SMARTS) is 1. The van der Waals surface area contributed by atoms with E-state index in [0.29, 0.717) is 11.6 Å². The molecule has 1 atom stereocenters. The largest absolute Gasteiger partial charge is 0.480 e. The second-order valence-corrected chi connectivity index (χ2v) is 4.74. The van der Waals surface area contributed by atoms with Crippen LogP contribution < -0.4 is 5.32 Å². The van der Waals surface area contributed by atoms with Gasteiger partial charge in [-0.25, -0.2) is 4.39 Å². The average Bonchev–Trinajstić information content (AvgIpc) is 2.42. The van der Waals surface area contributed by atoms with E-state index in [2.05, 4.69) is 5.32 Å². The van der Waals surface area contributed by atoms with Gasteiger partial charge in [0.25, 0.3) is 0 Å². The van der Waals surface area contributed by atoms with Crippen molar-refractivity contribution in [1.82, 2.24) is 5.32 Å². The minimum Gasteiger partial charge on any atom is -0.480 e. The van der Waals surface area contributed by atoms with Crippen molar-refractivity contribution in [2.24, 2.45) is 0 Å².